The molecule has 2 aromatic heterocycles. The zero-order chi connectivity index (χ0) is 19.5. The van der Waals surface area contributed by atoms with E-state index in [1.54, 1.807) is 18.4 Å². The number of pyridine rings is 1. The van der Waals surface area contributed by atoms with Crippen LogP contribution in [-0.2, 0) is 6.54 Å². The molecular formula is C23H36N2OS. The van der Waals surface area contributed by atoms with Gasteiger partial charge >= 0.3 is 0 Å². The zero-order valence-corrected chi connectivity index (χ0v) is 18.3. The second-order valence-corrected chi connectivity index (χ2v) is 8.53. The molecule has 0 spiro atoms. The summed E-state index contributed by atoms with van der Waals surface area (Å²) in [5.74, 6) is 1.63. The summed E-state index contributed by atoms with van der Waals surface area (Å²) in [5.41, 5.74) is 1.19. The van der Waals surface area contributed by atoms with E-state index in [0.717, 1.165) is 12.3 Å². The quantitative estimate of drug-likeness (QED) is 0.348. The SMILES string of the molecule is CCCCCCCCC(C)C(C)N(Cc1sccc1OC)c1cccnc1. The Hall–Kier alpha value is -1.55. The minimum atomic E-state index is 0.455. The first-order valence-corrected chi connectivity index (χ1v) is 11.3. The normalized spacial score (nSPS) is 13.3. The third-order valence-corrected chi connectivity index (χ3v) is 6.43. The van der Waals surface area contributed by atoms with Crippen molar-refractivity contribution in [3.05, 3.63) is 40.8 Å². The van der Waals surface area contributed by atoms with Gasteiger partial charge in [0.2, 0.25) is 0 Å². The molecule has 0 N–H and O–H groups in total. The van der Waals surface area contributed by atoms with Crippen LogP contribution in [0.2, 0.25) is 0 Å². The lowest BCUT2D eigenvalue weighted by molar-refractivity contribution is 0.393. The molecule has 0 aromatic carbocycles. The molecule has 4 heteroatoms. The summed E-state index contributed by atoms with van der Waals surface area (Å²) in [7, 11) is 1.75. The first kappa shape index (κ1) is 21.7. The highest BCUT2D eigenvalue weighted by atomic mass is 32.1. The third kappa shape index (κ3) is 6.84. The van der Waals surface area contributed by atoms with E-state index in [4.69, 9.17) is 4.74 Å². The summed E-state index contributed by atoms with van der Waals surface area (Å²) in [6, 6.07) is 6.71. The van der Waals surface area contributed by atoms with Crippen LogP contribution in [-0.4, -0.2) is 18.1 Å². The van der Waals surface area contributed by atoms with Gasteiger partial charge in [-0.25, -0.2) is 0 Å². The Labute approximate surface area is 169 Å². The number of nitrogens with zero attached hydrogens (tertiary/aromatic N) is 2. The van der Waals surface area contributed by atoms with Crippen LogP contribution < -0.4 is 9.64 Å². The van der Waals surface area contributed by atoms with E-state index in [-0.39, 0.29) is 0 Å². The highest BCUT2D eigenvalue weighted by Crippen LogP contribution is 2.31. The van der Waals surface area contributed by atoms with Gasteiger partial charge < -0.3 is 9.64 Å². The second kappa shape index (κ2) is 12.0. The van der Waals surface area contributed by atoms with Crippen molar-refractivity contribution in [3.8, 4) is 5.75 Å². The molecular weight excluding hydrogens is 352 g/mol. The molecule has 0 fully saturated rings. The molecule has 150 valence electrons. The maximum atomic E-state index is 5.54. The van der Waals surface area contributed by atoms with Gasteiger partial charge in [0, 0.05) is 12.2 Å². The molecule has 0 saturated carbocycles. The fourth-order valence-electron chi connectivity index (χ4n) is 3.57. The Bertz CT molecular complexity index is 628. The molecule has 2 unspecified atom stereocenters. The number of thiophene rings is 1. The highest BCUT2D eigenvalue weighted by molar-refractivity contribution is 7.10. The lowest BCUT2D eigenvalue weighted by atomic mass is 9.94. The van der Waals surface area contributed by atoms with Crippen molar-refractivity contribution < 1.29 is 4.74 Å². The highest BCUT2D eigenvalue weighted by Gasteiger charge is 2.22. The Kier molecular flexibility index (Phi) is 9.68. The van der Waals surface area contributed by atoms with Crippen LogP contribution in [0, 0.1) is 5.92 Å². The Morgan fingerprint density at radius 3 is 2.59 bits per heavy atom. The number of hydrogen-bond donors (Lipinski definition) is 0. The maximum Gasteiger partial charge on any atom is 0.134 e. The monoisotopic (exact) mass is 388 g/mol. The molecule has 0 saturated heterocycles. The third-order valence-electron chi connectivity index (χ3n) is 5.54. The van der Waals surface area contributed by atoms with Gasteiger partial charge in [0.25, 0.3) is 0 Å². The molecule has 3 nitrogen and oxygen atoms in total. The summed E-state index contributed by atoms with van der Waals surface area (Å²) in [6.45, 7) is 7.90. The topological polar surface area (TPSA) is 25.4 Å². The van der Waals surface area contributed by atoms with Gasteiger partial charge in [-0.05, 0) is 42.8 Å². The number of rotatable bonds is 13. The fraction of sp³-hybridized carbons (Fsp3) is 0.609. The number of unbranched alkanes of at least 4 members (excludes halogenated alkanes) is 5. The molecule has 0 aliphatic carbocycles. The minimum Gasteiger partial charge on any atom is -0.496 e. The molecule has 0 amide bonds. The van der Waals surface area contributed by atoms with Crippen LogP contribution in [0.4, 0.5) is 5.69 Å². The molecule has 0 aliphatic heterocycles. The molecule has 2 heterocycles. The van der Waals surface area contributed by atoms with Crippen molar-refractivity contribution in [2.45, 2.75) is 78.3 Å². The molecule has 2 rings (SSSR count). The Morgan fingerprint density at radius 2 is 1.89 bits per heavy atom. The van der Waals surface area contributed by atoms with Crippen molar-refractivity contribution in [2.24, 2.45) is 5.92 Å². The van der Waals surface area contributed by atoms with Gasteiger partial charge in [-0.3, -0.25) is 4.98 Å². The minimum absolute atomic E-state index is 0.455. The molecule has 2 aromatic rings. The number of hydrogen-bond acceptors (Lipinski definition) is 4. The van der Waals surface area contributed by atoms with E-state index < -0.39 is 0 Å². The zero-order valence-electron chi connectivity index (χ0n) is 17.5. The molecule has 2 atom stereocenters. The van der Waals surface area contributed by atoms with Crippen molar-refractivity contribution in [2.75, 3.05) is 12.0 Å². The van der Waals surface area contributed by atoms with Gasteiger partial charge in [-0.1, -0.05) is 52.4 Å². The molecule has 0 radical (unpaired) electrons. The summed E-state index contributed by atoms with van der Waals surface area (Å²) in [4.78, 5) is 8.12. The summed E-state index contributed by atoms with van der Waals surface area (Å²) < 4.78 is 5.54. The van der Waals surface area contributed by atoms with Crippen LogP contribution in [0.5, 0.6) is 5.75 Å². The van der Waals surface area contributed by atoms with Crippen LogP contribution >= 0.6 is 11.3 Å². The lowest BCUT2D eigenvalue weighted by Crippen LogP contribution is -2.37. The Balaban J connectivity index is 1.99. The van der Waals surface area contributed by atoms with Crippen molar-refractivity contribution in [1.82, 2.24) is 4.98 Å². The van der Waals surface area contributed by atoms with E-state index >= 15 is 0 Å². The fourth-order valence-corrected chi connectivity index (χ4v) is 4.41. The average Bonchev–Trinajstić information content (AvgIpc) is 3.16. The summed E-state index contributed by atoms with van der Waals surface area (Å²) in [6.07, 6.45) is 13.3. The first-order valence-electron chi connectivity index (χ1n) is 10.4. The summed E-state index contributed by atoms with van der Waals surface area (Å²) in [5, 5.41) is 2.11. The Morgan fingerprint density at radius 1 is 1.11 bits per heavy atom. The van der Waals surface area contributed by atoms with E-state index in [9.17, 15) is 0 Å². The van der Waals surface area contributed by atoms with Gasteiger partial charge in [0.15, 0.2) is 0 Å². The van der Waals surface area contributed by atoms with Gasteiger partial charge in [-0.2, -0.15) is 0 Å². The lowest BCUT2D eigenvalue weighted by Gasteiger charge is -2.35. The predicted octanol–water partition coefficient (Wildman–Crippen LogP) is 6.93. The largest absolute Gasteiger partial charge is 0.496 e. The van der Waals surface area contributed by atoms with Gasteiger partial charge in [0.1, 0.15) is 5.75 Å². The average molecular weight is 389 g/mol. The molecule has 27 heavy (non-hydrogen) atoms. The van der Waals surface area contributed by atoms with Crippen molar-refractivity contribution >= 4 is 17.0 Å². The van der Waals surface area contributed by atoms with Crippen LogP contribution in [0.15, 0.2) is 36.0 Å². The number of methoxy groups -OCH3 is 1. The van der Waals surface area contributed by atoms with E-state index in [0.29, 0.717) is 12.0 Å². The van der Waals surface area contributed by atoms with Gasteiger partial charge in [-0.15, -0.1) is 11.3 Å². The van der Waals surface area contributed by atoms with E-state index in [1.165, 1.54) is 55.5 Å². The summed E-state index contributed by atoms with van der Waals surface area (Å²) >= 11 is 1.77. The number of ether oxygens (including phenoxy) is 1. The number of anilines is 1. The smallest absolute Gasteiger partial charge is 0.134 e. The van der Waals surface area contributed by atoms with Gasteiger partial charge in [0.05, 0.1) is 30.4 Å². The molecule has 0 bridgehead atoms. The van der Waals surface area contributed by atoms with Crippen molar-refractivity contribution in [3.63, 3.8) is 0 Å². The van der Waals surface area contributed by atoms with Crippen LogP contribution in [0.25, 0.3) is 0 Å². The second-order valence-electron chi connectivity index (χ2n) is 7.53. The van der Waals surface area contributed by atoms with E-state index in [2.05, 4.69) is 48.2 Å². The van der Waals surface area contributed by atoms with Crippen LogP contribution in [0.1, 0.15) is 70.6 Å². The first-order chi connectivity index (χ1) is 13.2. The van der Waals surface area contributed by atoms with Crippen LogP contribution in [0.3, 0.4) is 0 Å². The predicted molar refractivity (Wildman–Crippen MR) is 118 cm³/mol. The molecule has 0 aliphatic rings. The number of aromatic nitrogens is 1. The van der Waals surface area contributed by atoms with E-state index in [1.807, 2.05) is 18.5 Å². The van der Waals surface area contributed by atoms with Crippen molar-refractivity contribution in [1.29, 1.82) is 0 Å². The maximum absolute atomic E-state index is 5.54. The standard InChI is InChI=1S/C23H36N2OS/c1-5-6-7-8-9-10-12-19(2)20(3)25(21-13-11-15-24-17-21)18-23-22(26-4)14-16-27-23/h11,13-17,19-20H,5-10,12,18H2,1-4H3.